The normalized spacial score (nSPS) is 16.0. The fourth-order valence-electron chi connectivity index (χ4n) is 3.68. The van der Waals surface area contributed by atoms with Gasteiger partial charge in [0.1, 0.15) is 13.2 Å². The van der Waals surface area contributed by atoms with E-state index in [0.717, 1.165) is 23.3 Å². The van der Waals surface area contributed by atoms with E-state index in [1.54, 1.807) is 6.07 Å². The number of carbonyl (C=O) groups is 1. The number of rotatable bonds is 5. The predicted octanol–water partition coefficient (Wildman–Crippen LogP) is 4.33. The van der Waals surface area contributed by atoms with Crippen molar-refractivity contribution in [1.82, 2.24) is 5.32 Å². The zero-order chi connectivity index (χ0) is 21.1. The van der Waals surface area contributed by atoms with Crippen LogP contribution in [0.25, 0.3) is 0 Å². The fourth-order valence-corrected chi connectivity index (χ4v) is 3.97. The number of halogens is 1. The first-order valence-electron chi connectivity index (χ1n) is 10.3. The van der Waals surface area contributed by atoms with Crippen molar-refractivity contribution in [2.75, 3.05) is 26.4 Å². The second-order valence-corrected chi connectivity index (χ2v) is 8.23. The van der Waals surface area contributed by atoms with Crippen LogP contribution in [0.2, 0.25) is 5.02 Å². The smallest absolute Gasteiger partial charge is 0.224 e. The van der Waals surface area contributed by atoms with Gasteiger partial charge in [-0.1, -0.05) is 31.5 Å². The van der Waals surface area contributed by atoms with Crippen molar-refractivity contribution in [2.24, 2.45) is 5.92 Å². The average Bonchev–Trinajstić information content (AvgIpc) is 2.97. The van der Waals surface area contributed by atoms with Crippen LogP contribution in [0.1, 0.15) is 37.4 Å². The molecule has 30 heavy (non-hydrogen) atoms. The maximum absolute atomic E-state index is 12.9. The quantitative estimate of drug-likeness (QED) is 0.763. The first-order valence-corrected chi connectivity index (χ1v) is 10.7. The highest BCUT2D eigenvalue weighted by atomic mass is 35.5. The number of amides is 1. The van der Waals surface area contributed by atoms with Gasteiger partial charge in [-0.2, -0.15) is 0 Å². The van der Waals surface area contributed by atoms with Gasteiger partial charge < -0.3 is 24.3 Å². The molecular weight excluding hydrogens is 406 g/mol. The molecule has 0 fully saturated rings. The molecule has 2 heterocycles. The summed E-state index contributed by atoms with van der Waals surface area (Å²) in [6.45, 7) is 6.36. The molecule has 160 valence electrons. The molecule has 1 unspecified atom stereocenters. The van der Waals surface area contributed by atoms with E-state index in [1.165, 1.54) is 0 Å². The summed E-state index contributed by atoms with van der Waals surface area (Å²) >= 11 is 6.36. The van der Waals surface area contributed by atoms with Gasteiger partial charge >= 0.3 is 0 Å². The minimum absolute atomic E-state index is 0.0888. The van der Waals surface area contributed by atoms with E-state index in [9.17, 15) is 4.79 Å². The van der Waals surface area contributed by atoms with Crippen LogP contribution in [0.5, 0.6) is 23.0 Å². The second-order valence-electron chi connectivity index (χ2n) is 7.82. The largest absolute Gasteiger partial charge is 0.489 e. The molecule has 0 aliphatic carbocycles. The Kier molecular flexibility index (Phi) is 6.23. The summed E-state index contributed by atoms with van der Waals surface area (Å²) in [5.74, 6) is 2.71. The molecule has 4 rings (SSSR count). The molecule has 0 radical (unpaired) electrons. The Labute approximate surface area is 181 Å². The molecule has 1 amide bonds. The molecule has 1 atom stereocenters. The Morgan fingerprint density at radius 2 is 1.70 bits per heavy atom. The van der Waals surface area contributed by atoms with Crippen LogP contribution < -0.4 is 24.3 Å². The SMILES string of the molecule is CC(C)C(NC(=O)Cc1cc(Cl)c2c(c1)OCCCO2)c1ccc2c(c1)OCCO2. The molecule has 1 N–H and O–H groups in total. The van der Waals surface area contributed by atoms with Gasteiger partial charge in [0, 0.05) is 6.42 Å². The van der Waals surface area contributed by atoms with Crippen LogP contribution in [0.4, 0.5) is 0 Å². The lowest BCUT2D eigenvalue weighted by molar-refractivity contribution is -0.121. The molecular formula is C23H26ClNO5. The summed E-state index contributed by atoms with van der Waals surface area (Å²) in [6.07, 6.45) is 0.997. The Hall–Kier alpha value is -2.60. The maximum Gasteiger partial charge on any atom is 0.224 e. The zero-order valence-corrected chi connectivity index (χ0v) is 18.0. The van der Waals surface area contributed by atoms with Crippen molar-refractivity contribution in [1.29, 1.82) is 0 Å². The Morgan fingerprint density at radius 3 is 2.50 bits per heavy atom. The van der Waals surface area contributed by atoms with Crippen molar-refractivity contribution >= 4 is 17.5 Å². The fraction of sp³-hybridized carbons (Fsp3) is 0.435. The second kappa shape index (κ2) is 9.04. The number of fused-ring (bicyclic) bond motifs is 2. The Morgan fingerprint density at radius 1 is 0.967 bits per heavy atom. The lowest BCUT2D eigenvalue weighted by atomic mass is 9.95. The lowest BCUT2D eigenvalue weighted by Gasteiger charge is -2.25. The predicted molar refractivity (Wildman–Crippen MR) is 114 cm³/mol. The van der Waals surface area contributed by atoms with E-state index in [4.69, 9.17) is 30.5 Å². The maximum atomic E-state index is 12.9. The van der Waals surface area contributed by atoms with Gasteiger partial charge in [-0.15, -0.1) is 0 Å². The third-order valence-electron chi connectivity index (χ3n) is 5.14. The third-order valence-corrected chi connectivity index (χ3v) is 5.42. The van der Waals surface area contributed by atoms with Gasteiger partial charge in [0.2, 0.25) is 5.91 Å². The lowest BCUT2D eigenvalue weighted by Crippen LogP contribution is -2.33. The highest BCUT2D eigenvalue weighted by Crippen LogP contribution is 2.38. The van der Waals surface area contributed by atoms with Crippen molar-refractivity contribution in [3.63, 3.8) is 0 Å². The monoisotopic (exact) mass is 431 g/mol. The van der Waals surface area contributed by atoms with Gasteiger partial charge in [0.15, 0.2) is 23.0 Å². The van der Waals surface area contributed by atoms with E-state index in [-0.39, 0.29) is 24.3 Å². The molecule has 2 aromatic carbocycles. The molecule has 2 aliphatic rings. The zero-order valence-electron chi connectivity index (χ0n) is 17.2. The Bertz CT molecular complexity index is 930. The molecule has 0 bridgehead atoms. The van der Waals surface area contributed by atoms with E-state index in [1.807, 2.05) is 24.3 Å². The minimum Gasteiger partial charge on any atom is -0.489 e. The summed E-state index contributed by atoms with van der Waals surface area (Å²) in [5, 5.41) is 3.61. The van der Waals surface area contributed by atoms with E-state index in [2.05, 4.69) is 19.2 Å². The summed E-state index contributed by atoms with van der Waals surface area (Å²) in [4.78, 5) is 12.9. The number of carbonyl (C=O) groups excluding carboxylic acids is 1. The van der Waals surface area contributed by atoms with Gasteiger partial charge in [-0.25, -0.2) is 0 Å². The third kappa shape index (κ3) is 4.59. The van der Waals surface area contributed by atoms with Crippen LogP contribution in [-0.2, 0) is 11.2 Å². The van der Waals surface area contributed by atoms with Gasteiger partial charge in [0.25, 0.3) is 0 Å². The average molecular weight is 432 g/mol. The number of ether oxygens (including phenoxy) is 4. The molecule has 0 saturated carbocycles. The van der Waals surface area contributed by atoms with Crippen molar-refractivity contribution in [3.8, 4) is 23.0 Å². The highest BCUT2D eigenvalue weighted by molar-refractivity contribution is 6.32. The molecule has 0 saturated heterocycles. The van der Waals surface area contributed by atoms with E-state index < -0.39 is 0 Å². The number of hydrogen-bond acceptors (Lipinski definition) is 5. The van der Waals surface area contributed by atoms with E-state index in [0.29, 0.717) is 48.7 Å². The van der Waals surface area contributed by atoms with Crippen molar-refractivity contribution in [3.05, 3.63) is 46.5 Å². The van der Waals surface area contributed by atoms with Crippen LogP contribution in [0.3, 0.4) is 0 Å². The number of nitrogens with one attached hydrogen (secondary N) is 1. The number of hydrogen-bond donors (Lipinski definition) is 1. The summed E-state index contributed by atoms with van der Waals surface area (Å²) in [6, 6.07) is 9.27. The van der Waals surface area contributed by atoms with Gasteiger partial charge in [-0.3, -0.25) is 4.79 Å². The van der Waals surface area contributed by atoms with Crippen molar-refractivity contribution in [2.45, 2.75) is 32.7 Å². The molecule has 2 aliphatic heterocycles. The topological polar surface area (TPSA) is 66.0 Å². The van der Waals surface area contributed by atoms with Gasteiger partial charge in [0.05, 0.1) is 30.7 Å². The highest BCUT2D eigenvalue weighted by Gasteiger charge is 2.22. The standard InChI is InChI=1S/C23H26ClNO5/c1-14(2)22(16-4-5-18-19(13-16)29-9-8-28-18)25-21(26)12-15-10-17(24)23-20(11-15)27-6-3-7-30-23/h4-5,10-11,13-14,22H,3,6-9,12H2,1-2H3,(H,25,26). The molecule has 6 nitrogen and oxygen atoms in total. The molecule has 2 aromatic rings. The van der Waals surface area contributed by atoms with Crippen LogP contribution in [0.15, 0.2) is 30.3 Å². The van der Waals surface area contributed by atoms with Crippen LogP contribution in [-0.4, -0.2) is 32.3 Å². The van der Waals surface area contributed by atoms with Crippen LogP contribution >= 0.6 is 11.6 Å². The molecule has 7 heteroatoms. The molecule has 0 aromatic heterocycles. The number of benzene rings is 2. The summed E-state index contributed by atoms with van der Waals surface area (Å²) in [7, 11) is 0. The van der Waals surface area contributed by atoms with E-state index >= 15 is 0 Å². The Balaban J connectivity index is 1.49. The first kappa shape index (κ1) is 20.7. The minimum atomic E-state index is -0.149. The first-order chi connectivity index (χ1) is 14.5. The molecule has 0 spiro atoms. The summed E-state index contributed by atoms with van der Waals surface area (Å²) in [5.41, 5.74) is 1.77. The van der Waals surface area contributed by atoms with Crippen molar-refractivity contribution < 1.29 is 23.7 Å². The van der Waals surface area contributed by atoms with Gasteiger partial charge in [-0.05, 0) is 41.3 Å². The van der Waals surface area contributed by atoms with Crippen LogP contribution in [0, 0.1) is 5.92 Å². The summed E-state index contributed by atoms with van der Waals surface area (Å²) < 4.78 is 22.7.